The number of hydrogen-bond acceptors (Lipinski definition) is 6. The zero-order chi connectivity index (χ0) is 22.9. The van der Waals surface area contributed by atoms with E-state index in [0.29, 0.717) is 24.9 Å². The van der Waals surface area contributed by atoms with Crippen LogP contribution in [-0.4, -0.2) is 62.7 Å². The van der Waals surface area contributed by atoms with Crippen LogP contribution in [0.1, 0.15) is 47.7 Å². The van der Waals surface area contributed by atoms with Gasteiger partial charge in [-0.25, -0.2) is 8.42 Å². The monoisotopic (exact) mass is 454 g/mol. The molecule has 0 aliphatic carbocycles. The molecule has 1 aromatic carbocycles. The van der Waals surface area contributed by atoms with E-state index in [1.54, 1.807) is 6.07 Å². The van der Waals surface area contributed by atoms with Gasteiger partial charge in [-0.3, -0.25) is 14.4 Å². The molecule has 31 heavy (non-hydrogen) atoms. The van der Waals surface area contributed by atoms with Gasteiger partial charge in [0.1, 0.15) is 6.04 Å². The summed E-state index contributed by atoms with van der Waals surface area (Å²) in [5, 5.41) is 17.5. The van der Waals surface area contributed by atoms with Crippen molar-refractivity contribution in [1.29, 1.82) is 0 Å². The van der Waals surface area contributed by atoms with E-state index in [9.17, 15) is 27.9 Å². The fraction of sp³-hybridized carbons (Fsp3) is 0.550. The number of hydrogen-bond donors (Lipinski definition) is 5. The third kappa shape index (κ3) is 8.27. The van der Waals surface area contributed by atoms with Gasteiger partial charge in [0, 0.05) is 31.6 Å². The molecule has 0 fully saturated rings. The number of sulfonamides is 1. The Morgan fingerprint density at radius 1 is 1.19 bits per heavy atom. The summed E-state index contributed by atoms with van der Waals surface area (Å²) in [5.41, 5.74) is 2.81. The van der Waals surface area contributed by atoms with E-state index in [-0.39, 0.29) is 31.2 Å². The summed E-state index contributed by atoms with van der Waals surface area (Å²) in [5.74, 6) is -2.34. The Kier molecular flexibility index (Phi) is 9.41. The smallest absolute Gasteiger partial charge is 0.323 e. The van der Waals surface area contributed by atoms with E-state index < -0.39 is 27.9 Å². The van der Waals surface area contributed by atoms with Crippen LogP contribution >= 0.6 is 0 Å². The zero-order valence-electron chi connectivity index (χ0n) is 17.6. The average Bonchev–Trinajstić information content (AvgIpc) is 2.74. The van der Waals surface area contributed by atoms with Crippen molar-refractivity contribution in [2.24, 2.45) is 0 Å². The molecule has 5 N–H and O–H groups in total. The number of benzene rings is 1. The van der Waals surface area contributed by atoms with Gasteiger partial charge in [-0.1, -0.05) is 19.4 Å². The molecule has 0 saturated heterocycles. The first-order valence-electron chi connectivity index (χ1n) is 10.3. The molecular weight excluding hydrogens is 424 g/mol. The van der Waals surface area contributed by atoms with E-state index in [1.807, 2.05) is 19.1 Å². The van der Waals surface area contributed by atoms with Crippen LogP contribution in [0.25, 0.3) is 0 Å². The predicted molar refractivity (Wildman–Crippen MR) is 115 cm³/mol. The fourth-order valence-corrected chi connectivity index (χ4v) is 4.51. The molecule has 0 aromatic heterocycles. The minimum atomic E-state index is -3.75. The maximum absolute atomic E-state index is 12.3. The van der Waals surface area contributed by atoms with Crippen molar-refractivity contribution in [3.8, 4) is 0 Å². The van der Waals surface area contributed by atoms with Crippen LogP contribution in [-0.2, 0) is 32.6 Å². The minimum Gasteiger partial charge on any atom is -0.480 e. The molecule has 11 heteroatoms. The lowest BCUT2D eigenvalue weighted by atomic mass is 9.98. The zero-order valence-corrected chi connectivity index (χ0v) is 18.4. The normalized spacial score (nSPS) is 14.4. The highest BCUT2D eigenvalue weighted by Crippen LogP contribution is 2.15. The van der Waals surface area contributed by atoms with Crippen LogP contribution in [0.3, 0.4) is 0 Å². The Balaban J connectivity index is 1.76. The number of carboxylic acids is 1. The van der Waals surface area contributed by atoms with E-state index in [2.05, 4.69) is 20.7 Å². The molecule has 2 amide bonds. The van der Waals surface area contributed by atoms with Crippen molar-refractivity contribution in [3.63, 3.8) is 0 Å². The molecule has 0 saturated carbocycles. The Hall–Kier alpha value is -2.50. The van der Waals surface area contributed by atoms with Crippen molar-refractivity contribution in [2.75, 3.05) is 25.4 Å². The van der Waals surface area contributed by atoms with Crippen molar-refractivity contribution < 1.29 is 27.9 Å². The molecule has 172 valence electrons. The number of amides is 2. The van der Waals surface area contributed by atoms with Crippen molar-refractivity contribution in [2.45, 2.75) is 45.2 Å². The highest BCUT2D eigenvalue weighted by atomic mass is 32.2. The molecule has 0 spiro atoms. The summed E-state index contributed by atoms with van der Waals surface area (Å²) in [4.78, 5) is 35.6. The predicted octanol–water partition coefficient (Wildman–Crippen LogP) is -0.259. The van der Waals surface area contributed by atoms with Crippen LogP contribution in [0.15, 0.2) is 18.2 Å². The van der Waals surface area contributed by atoms with Gasteiger partial charge in [0.15, 0.2) is 0 Å². The Labute approximate surface area is 182 Å². The summed E-state index contributed by atoms with van der Waals surface area (Å²) in [6.07, 6.45) is 1.93. The summed E-state index contributed by atoms with van der Waals surface area (Å²) in [6.45, 7) is 3.14. The molecule has 1 heterocycles. The largest absolute Gasteiger partial charge is 0.480 e. The first-order chi connectivity index (χ1) is 14.7. The second kappa shape index (κ2) is 11.8. The van der Waals surface area contributed by atoms with Gasteiger partial charge >= 0.3 is 5.97 Å². The van der Waals surface area contributed by atoms with Gasteiger partial charge in [-0.2, -0.15) is 4.72 Å². The van der Waals surface area contributed by atoms with E-state index in [0.717, 1.165) is 18.5 Å². The van der Waals surface area contributed by atoms with E-state index in [4.69, 9.17) is 0 Å². The first kappa shape index (κ1) is 24.8. The van der Waals surface area contributed by atoms with Gasteiger partial charge < -0.3 is 21.1 Å². The highest BCUT2D eigenvalue weighted by molar-refractivity contribution is 7.89. The van der Waals surface area contributed by atoms with Crippen molar-refractivity contribution >= 4 is 27.8 Å². The number of unbranched alkanes of at least 4 members (excludes halogenated alkanes) is 1. The second-order valence-corrected chi connectivity index (χ2v) is 9.27. The lowest BCUT2D eigenvalue weighted by Gasteiger charge is -2.17. The van der Waals surface area contributed by atoms with E-state index >= 15 is 0 Å². The molecule has 1 atom stereocenters. The third-order valence-corrected chi connectivity index (χ3v) is 6.35. The van der Waals surface area contributed by atoms with Crippen LogP contribution in [0.2, 0.25) is 0 Å². The van der Waals surface area contributed by atoms with Crippen LogP contribution in [0.5, 0.6) is 0 Å². The standard InChI is InChI=1S/C20H30N4O6S/c1-2-3-10-31(29,30)24-17(20(27)28)13-23-18(25)7-9-22-19(26)15-5-4-14-6-8-21-12-16(14)11-15/h4-5,11,17,21,24H,2-3,6-10,12-13H2,1H3,(H,22,26)(H,23,25)(H,27,28)/t17-/m1/s1. The number of carbonyl (C=O) groups excluding carboxylic acids is 2. The molecule has 0 radical (unpaired) electrons. The molecule has 1 aliphatic rings. The number of rotatable bonds is 12. The Bertz CT molecular complexity index is 903. The van der Waals surface area contributed by atoms with Crippen LogP contribution < -0.4 is 20.7 Å². The molecule has 0 bridgehead atoms. The number of carbonyl (C=O) groups is 3. The quantitative estimate of drug-likeness (QED) is 0.292. The molecule has 10 nitrogen and oxygen atoms in total. The summed E-state index contributed by atoms with van der Waals surface area (Å²) in [7, 11) is -3.75. The molecular formula is C20H30N4O6S. The Morgan fingerprint density at radius 3 is 2.68 bits per heavy atom. The Morgan fingerprint density at radius 2 is 1.97 bits per heavy atom. The summed E-state index contributed by atoms with van der Waals surface area (Å²) >= 11 is 0. The maximum Gasteiger partial charge on any atom is 0.323 e. The first-order valence-corrected chi connectivity index (χ1v) is 12.0. The van der Waals surface area contributed by atoms with Gasteiger partial charge in [0.2, 0.25) is 15.9 Å². The second-order valence-electron chi connectivity index (χ2n) is 7.40. The number of carboxylic acid groups (broad SMARTS) is 1. The lowest BCUT2D eigenvalue weighted by Crippen LogP contribution is -2.49. The third-order valence-electron chi connectivity index (χ3n) is 4.88. The van der Waals surface area contributed by atoms with Crippen LogP contribution in [0, 0.1) is 0 Å². The van der Waals surface area contributed by atoms with Crippen molar-refractivity contribution in [1.82, 2.24) is 20.7 Å². The summed E-state index contributed by atoms with van der Waals surface area (Å²) < 4.78 is 25.9. The highest BCUT2D eigenvalue weighted by Gasteiger charge is 2.24. The summed E-state index contributed by atoms with van der Waals surface area (Å²) in [6, 6.07) is 4.07. The molecule has 2 rings (SSSR count). The number of aliphatic carboxylic acids is 1. The number of fused-ring (bicyclic) bond motifs is 1. The van der Waals surface area contributed by atoms with Gasteiger partial charge in [0.25, 0.3) is 5.91 Å². The average molecular weight is 455 g/mol. The number of nitrogens with one attached hydrogen (secondary N) is 4. The lowest BCUT2D eigenvalue weighted by molar-refractivity contribution is -0.138. The minimum absolute atomic E-state index is 0.0623. The van der Waals surface area contributed by atoms with Gasteiger partial charge in [0.05, 0.1) is 5.75 Å². The molecule has 1 aromatic rings. The van der Waals surface area contributed by atoms with Crippen LogP contribution in [0.4, 0.5) is 0 Å². The topological polar surface area (TPSA) is 154 Å². The molecule has 0 unspecified atom stereocenters. The van der Waals surface area contributed by atoms with Gasteiger partial charge in [-0.05, 0) is 42.6 Å². The van der Waals surface area contributed by atoms with Gasteiger partial charge in [-0.15, -0.1) is 0 Å². The maximum atomic E-state index is 12.3. The fourth-order valence-electron chi connectivity index (χ4n) is 3.11. The molecule has 1 aliphatic heterocycles. The SMILES string of the molecule is CCCCS(=O)(=O)N[C@H](CNC(=O)CCNC(=O)c1ccc2c(c1)CNCC2)C(=O)O. The van der Waals surface area contributed by atoms with E-state index in [1.165, 1.54) is 5.56 Å². The van der Waals surface area contributed by atoms with Crippen molar-refractivity contribution in [3.05, 3.63) is 34.9 Å².